The summed E-state index contributed by atoms with van der Waals surface area (Å²) in [7, 11) is 0. The average Bonchev–Trinajstić information content (AvgIpc) is 3.12. The van der Waals surface area contributed by atoms with E-state index in [1.165, 1.54) is 0 Å². The first-order chi connectivity index (χ1) is 10.7. The van der Waals surface area contributed by atoms with Gasteiger partial charge < -0.3 is 19.2 Å². The Bertz CT molecular complexity index is 885. The topological polar surface area (TPSA) is 73.6 Å². The van der Waals surface area contributed by atoms with Crippen LogP contribution in [0.25, 0.3) is 11.1 Å². The van der Waals surface area contributed by atoms with Gasteiger partial charge in [-0.2, -0.15) is 0 Å². The zero-order valence-corrected chi connectivity index (χ0v) is 11.8. The second kappa shape index (κ2) is 4.77. The third kappa shape index (κ3) is 2.05. The molecule has 2 heterocycles. The van der Waals surface area contributed by atoms with Crippen molar-refractivity contribution in [2.75, 3.05) is 12.1 Å². The Morgan fingerprint density at radius 3 is 2.95 bits per heavy atom. The number of benzene rings is 2. The van der Waals surface area contributed by atoms with Crippen LogP contribution in [0.2, 0.25) is 0 Å². The first-order valence-electron chi connectivity index (χ1n) is 6.78. The fourth-order valence-corrected chi connectivity index (χ4v) is 2.39. The van der Waals surface area contributed by atoms with Crippen molar-refractivity contribution in [2.24, 2.45) is 0 Å². The number of nitrogens with one attached hydrogen (secondary N) is 1. The smallest absolute Gasteiger partial charge is 0.255 e. The van der Waals surface area contributed by atoms with Crippen molar-refractivity contribution in [3.63, 3.8) is 0 Å². The van der Waals surface area contributed by atoms with Gasteiger partial charge in [0.2, 0.25) is 6.79 Å². The summed E-state index contributed by atoms with van der Waals surface area (Å²) in [5, 5.41) is 2.84. The molecule has 0 atom stereocenters. The first kappa shape index (κ1) is 12.7. The highest BCUT2D eigenvalue weighted by molar-refractivity contribution is 6.07. The normalized spacial score (nSPS) is 12.6. The minimum Gasteiger partial charge on any atom is -0.454 e. The van der Waals surface area contributed by atoms with E-state index in [4.69, 9.17) is 13.9 Å². The summed E-state index contributed by atoms with van der Waals surface area (Å²) >= 11 is 0. The quantitative estimate of drug-likeness (QED) is 0.786. The highest BCUT2D eigenvalue weighted by Gasteiger charge is 2.17. The number of hydrogen-bond donors (Lipinski definition) is 1. The van der Waals surface area contributed by atoms with Crippen LogP contribution in [0.4, 0.5) is 5.69 Å². The molecule has 0 radical (unpaired) electrons. The molecule has 1 aromatic heterocycles. The van der Waals surface area contributed by atoms with E-state index in [9.17, 15) is 4.79 Å². The molecule has 1 N–H and O–H groups in total. The van der Waals surface area contributed by atoms with Crippen molar-refractivity contribution in [3.8, 4) is 11.5 Å². The molecule has 1 aliphatic rings. The summed E-state index contributed by atoms with van der Waals surface area (Å²) in [4.78, 5) is 16.6. The molecule has 6 nitrogen and oxygen atoms in total. The van der Waals surface area contributed by atoms with Gasteiger partial charge in [-0.3, -0.25) is 4.79 Å². The van der Waals surface area contributed by atoms with Gasteiger partial charge in [0.05, 0.1) is 5.69 Å². The predicted molar refractivity (Wildman–Crippen MR) is 79.3 cm³/mol. The molecular formula is C16H12N2O4. The van der Waals surface area contributed by atoms with E-state index >= 15 is 0 Å². The highest BCUT2D eigenvalue weighted by atomic mass is 16.7. The highest BCUT2D eigenvalue weighted by Crippen LogP contribution is 2.33. The van der Waals surface area contributed by atoms with Crippen molar-refractivity contribution >= 4 is 22.7 Å². The van der Waals surface area contributed by atoms with E-state index in [1.807, 2.05) is 12.1 Å². The number of anilines is 1. The van der Waals surface area contributed by atoms with E-state index in [0.29, 0.717) is 39.7 Å². The molecule has 1 aliphatic heterocycles. The molecule has 0 saturated heterocycles. The van der Waals surface area contributed by atoms with Gasteiger partial charge >= 0.3 is 0 Å². The molecule has 0 saturated carbocycles. The fourth-order valence-electron chi connectivity index (χ4n) is 2.39. The summed E-state index contributed by atoms with van der Waals surface area (Å²) in [6, 6.07) is 10.5. The molecule has 110 valence electrons. The number of carbonyl (C=O) groups excluding carboxylic acids is 1. The second-order valence-electron chi connectivity index (χ2n) is 4.91. The molecule has 0 unspecified atom stereocenters. The lowest BCUT2D eigenvalue weighted by atomic mass is 10.2. The van der Waals surface area contributed by atoms with Crippen molar-refractivity contribution in [2.45, 2.75) is 6.92 Å². The zero-order valence-electron chi connectivity index (χ0n) is 11.8. The Kier molecular flexibility index (Phi) is 2.75. The van der Waals surface area contributed by atoms with E-state index in [2.05, 4.69) is 10.3 Å². The van der Waals surface area contributed by atoms with Gasteiger partial charge in [0.25, 0.3) is 5.91 Å². The predicted octanol–water partition coefficient (Wildman–Crippen LogP) is 3.12. The van der Waals surface area contributed by atoms with Crippen molar-refractivity contribution < 1.29 is 18.7 Å². The lowest BCUT2D eigenvalue weighted by Gasteiger charge is -2.06. The molecule has 1 amide bonds. The van der Waals surface area contributed by atoms with Crippen LogP contribution in [-0.4, -0.2) is 17.7 Å². The number of para-hydroxylation sites is 1. The van der Waals surface area contributed by atoms with Gasteiger partial charge in [0, 0.05) is 12.5 Å². The van der Waals surface area contributed by atoms with Crippen molar-refractivity contribution in [1.29, 1.82) is 0 Å². The number of hydrogen-bond acceptors (Lipinski definition) is 5. The van der Waals surface area contributed by atoms with Crippen LogP contribution in [0.5, 0.6) is 11.5 Å². The number of aromatic nitrogens is 1. The number of amides is 1. The summed E-state index contributed by atoms with van der Waals surface area (Å²) in [5.41, 5.74) is 2.34. The summed E-state index contributed by atoms with van der Waals surface area (Å²) in [6.07, 6.45) is 0. The molecule has 22 heavy (non-hydrogen) atoms. The maximum Gasteiger partial charge on any atom is 0.255 e. The van der Waals surface area contributed by atoms with E-state index in [1.54, 1.807) is 31.2 Å². The third-order valence-corrected chi connectivity index (χ3v) is 3.40. The number of carbonyl (C=O) groups is 1. The van der Waals surface area contributed by atoms with Gasteiger partial charge in [-0.25, -0.2) is 4.98 Å². The molecule has 0 spiro atoms. The largest absolute Gasteiger partial charge is 0.454 e. The number of ether oxygens (including phenoxy) is 2. The monoisotopic (exact) mass is 296 g/mol. The fraction of sp³-hybridized carbons (Fsp3) is 0.125. The van der Waals surface area contributed by atoms with E-state index in [-0.39, 0.29) is 12.7 Å². The van der Waals surface area contributed by atoms with E-state index < -0.39 is 0 Å². The SMILES string of the molecule is Cc1nc2cccc(NC(=O)c3ccc4c(c3)OCO4)c2o1. The molecule has 0 fully saturated rings. The van der Waals surface area contributed by atoms with Gasteiger partial charge in [0.15, 0.2) is 23.0 Å². The molecule has 0 bridgehead atoms. The van der Waals surface area contributed by atoms with Gasteiger partial charge in [-0.05, 0) is 30.3 Å². The lowest BCUT2D eigenvalue weighted by Crippen LogP contribution is -2.11. The van der Waals surface area contributed by atoms with Crippen LogP contribution in [0, 0.1) is 6.92 Å². The van der Waals surface area contributed by atoms with Gasteiger partial charge in [-0.15, -0.1) is 0 Å². The second-order valence-corrected chi connectivity index (χ2v) is 4.91. The molecule has 4 rings (SSSR count). The van der Waals surface area contributed by atoms with Gasteiger partial charge in [-0.1, -0.05) is 6.07 Å². The number of nitrogens with zero attached hydrogens (tertiary/aromatic N) is 1. The van der Waals surface area contributed by atoms with E-state index in [0.717, 1.165) is 0 Å². The average molecular weight is 296 g/mol. The lowest BCUT2D eigenvalue weighted by molar-refractivity contribution is 0.102. The summed E-state index contributed by atoms with van der Waals surface area (Å²) in [5.74, 6) is 1.52. The Balaban J connectivity index is 1.66. The Morgan fingerprint density at radius 2 is 2.05 bits per heavy atom. The van der Waals surface area contributed by atoms with Crippen molar-refractivity contribution in [1.82, 2.24) is 4.98 Å². The maximum atomic E-state index is 12.4. The standard InChI is InChI=1S/C16H12N2O4/c1-9-17-11-3-2-4-12(15(11)22-9)18-16(19)10-5-6-13-14(7-10)21-8-20-13/h2-7H,8H2,1H3,(H,18,19). The van der Waals surface area contributed by atoms with Crippen LogP contribution < -0.4 is 14.8 Å². The Labute approximate surface area is 125 Å². The van der Waals surface area contributed by atoms with Crippen LogP contribution in [0.15, 0.2) is 40.8 Å². The number of oxazole rings is 1. The summed E-state index contributed by atoms with van der Waals surface area (Å²) < 4.78 is 16.1. The Hall–Kier alpha value is -3.02. The Morgan fingerprint density at radius 1 is 1.18 bits per heavy atom. The third-order valence-electron chi connectivity index (χ3n) is 3.40. The number of fused-ring (bicyclic) bond motifs is 2. The minimum absolute atomic E-state index is 0.178. The molecule has 0 aliphatic carbocycles. The van der Waals surface area contributed by atoms with Crippen LogP contribution in [0.3, 0.4) is 0 Å². The van der Waals surface area contributed by atoms with Crippen LogP contribution >= 0.6 is 0 Å². The van der Waals surface area contributed by atoms with Crippen LogP contribution in [-0.2, 0) is 0 Å². The molecule has 6 heteroatoms. The number of aryl methyl sites for hydroxylation is 1. The number of rotatable bonds is 2. The first-order valence-corrected chi connectivity index (χ1v) is 6.78. The van der Waals surface area contributed by atoms with Gasteiger partial charge in [0.1, 0.15) is 5.52 Å². The molecule has 2 aromatic carbocycles. The minimum atomic E-state index is -0.250. The molecule has 3 aromatic rings. The maximum absolute atomic E-state index is 12.4. The molecular weight excluding hydrogens is 284 g/mol. The zero-order chi connectivity index (χ0) is 15.1. The summed E-state index contributed by atoms with van der Waals surface area (Å²) in [6.45, 7) is 1.94. The van der Waals surface area contributed by atoms with Crippen molar-refractivity contribution in [3.05, 3.63) is 47.9 Å². The van der Waals surface area contributed by atoms with Crippen LogP contribution in [0.1, 0.15) is 16.2 Å².